The second kappa shape index (κ2) is 6.00. The van der Waals surface area contributed by atoms with Crippen LogP contribution in [-0.4, -0.2) is 26.5 Å². The third kappa shape index (κ3) is 3.19. The Morgan fingerprint density at radius 1 is 1.17 bits per heavy atom. The van der Waals surface area contributed by atoms with Crippen molar-refractivity contribution in [1.29, 1.82) is 0 Å². The lowest BCUT2D eigenvalue weighted by atomic mass is 10.1. The average Bonchev–Trinajstić information content (AvgIpc) is 2.48. The van der Waals surface area contributed by atoms with Crippen molar-refractivity contribution in [3.63, 3.8) is 0 Å². The fraction of sp³-hybridized carbons (Fsp3) is 0.188. The maximum Gasteiger partial charge on any atom is 0.335 e. The van der Waals surface area contributed by atoms with Crippen molar-refractivity contribution >= 4 is 21.7 Å². The number of nitrogens with zero attached hydrogens (tertiary/aromatic N) is 1. The summed E-state index contributed by atoms with van der Waals surface area (Å²) in [6.45, 7) is 3.12. The fourth-order valence-corrected chi connectivity index (χ4v) is 3.60. The van der Waals surface area contributed by atoms with Crippen molar-refractivity contribution in [1.82, 2.24) is 0 Å². The number of sulfonamides is 1. The lowest BCUT2D eigenvalue weighted by molar-refractivity contribution is 0.0696. The van der Waals surface area contributed by atoms with Gasteiger partial charge in [-0.15, -0.1) is 0 Å². The quantitative estimate of drug-likeness (QED) is 0.931. The SMILES string of the molecule is Cc1cccc(N(C)S(=O)(=O)c2cc(C(=O)O)cc(F)c2C)c1. The van der Waals surface area contributed by atoms with E-state index in [-0.39, 0.29) is 10.5 Å². The zero-order valence-corrected chi connectivity index (χ0v) is 13.7. The van der Waals surface area contributed by atoms with E-state index in [4.69, 9.17) is 5.11 Å². The number of hydrogen-bond acceptors (Lipinski definition) is 3. The third-order valence-corrected chi connectivity index (χ3v) is 5.46. The molecule has 0 bridgehead atoms. The Hall–Kier alpha value is -2.41. The van der Waals surface area contributed by atoms with E-state index in [2.05, 4.69) is 0 Å². The summed E-state index contributed by atoms with van der Waals surface area (Å²) < 4.78 is 40.4. The Labute approximate surface area is 134 Å². The van der Waals surface area contributed by atoms with E-state index in [9.17, 15) is 17.6 Å². The van der Waals surface area contributed by atoms with Crippen LogP contribution in [0.4, 0.5) is 10.1 Å². The molecule has 2 aromatic rings. The largest absolute Gasteiger partial charge is 0.478 e. The first kappa shape index (κ1) is 17.0. The number of halogens is 1. The molecule has 2 aromatic carbocycles. The molecular formula is C16H16FNO4S. The van der Waals surface area contributed by atoms with Crippen LogP contribution in [0.25, 0.3) is 0 Å². The van der Waals surface area contributed by atoms with Crippen molar-refractivity contribution in [2.45, 2.75) is 18.7 Å². The van der Waals surface area contributed by atoms with Gasteiger partial charge in [0.15, 0.2) is 0 Å². The van der Waals surface area contributed by atoms with Crippen LogP contribution in [-0.2, 0) is 10.0 Å². The molecule has 1 N–H and O–H groups in total. The van der Waals surface area contributed by atoms with Gasteiger partial charge in [0.25, 0.3) is 10.0 Å². The van der Waals surface area contributed by atoms with Crippen LogP contribution in [0, 0.1) is 19.7 Å². The molecule has 0 spiro atoms. The van der Waals surface area contributed by atoms with Gasteiger partial charge in [0.05, 0.1) is 16.1 Å². The number of benzene rings is 2. The van der Waals surface area contributed by atoms with Crippen molar-refractivity contribution in [2.75, 3.05) is 11.4 Å². The number of carboxylic acid groups (broad SMARTS) is 1. The number of aromatic carboxylic acids is 1. The molecular weight excluding hydrogens is 321 g/mol. The molecule has 0 aromatic heterocycles. The summed E-state index contributed by atoms with van der Waals surface area (Å²) >= 11 is 0. The topological polar surface area (TPSA) is 74.7 Å². The van der Waals surface area contributed by atoms with Gasteiger partial charge in [0.2, 0.25) is 0 Å². The fourth-order valence-electron chi connectivity index (χ4n) is 2.16. The maximum atomic E-state index is 13.9. The highest BCUT2D eigenvalue weighted by Crippen LogP contribution is 2.27. The molecule has 0 saturated carbocycles. The molecule has 0 aliphatic carbocycles. The van der Waals surface area contributed by atoms with Crippen molar-refractivity contribution in [3.8, 4) is 0 Å². The molecule has 0 atom stereocenters. The van der Waals surface area contributed by atoms with Crippen LogP contribution >= 0.6 is 0 Å². The predicted octanol–water partition coefficient (Wildman–Crippen LogP) is 2.97. The molecule has 0 saturated heterocycles. The van der Waals surface area contributed by atoms with Crippen LogP contribution in [0.3, 0.4) is 0 Å². The Kier molecular flexibility index (Phi) is 4.42. The van der Waals surface area contributed by atoms with Crippen molar-refractivity contribution in [2.24, 2.45) is 0 Å². The molecule has 0 unspecified atom stereocenters. The predicted molar refractivity (Wildman–Crippen MR) is 84.9 cm³/mol. The van der Waals surface area contributed by atoms with Gasteiger partial charge in [0, 0.05) is 12.6 Å². The van der Waals surface area contributed by atoms with E-state index < -0.39 is 27.4 Å². The van der Waals surface area contributed by atoms with Crippen molar-refractivity contribution < 1.29 is 22.7 Å². The van der Waals surface area contributed by atoms with E-state index in [1.165, 1.54) is 14.0 Å². The molecule has 0 heterocycles. The minimum atomic E-state index is -4.09. The van der Waals surface area contributed by atoms with Crippen LogP contribution in [0.5, 0.6) is 0 Å². The Morgan fingerprint density at radius 3 is 2.39 bits per heavy atom. The molecule has 5 nitrogen and oxygen atoms in total. The number of aryl methyl sites for hydroxylation is 1. The van der Waals surface area contributed by atoms with E-state index in [1.807, 2.05) is 13.0 Å². The lowest BCUT2D eigenvalue weighted by Gasteiger charge is -2.21. The Morgan fingerprint density at radius 2 is 1.83 bits per heavy atom. The van der Waals surface area contributed by atoms with Crippen LogP contribution < -0.4 is 4.31 Å². The van der Waals surface area contributed by atoms with Gasteiger partial charge in [-0.1, -0.05) is 12.1 Å². The zero-order valence-electron chi connectivity index (χ0n) is 12.9. The van der Waals surface area contributed by atoms with Gasteiger partial charge in [-0.3, -0.25) is 4.31 Å². The summed E-state index contributed by atoms with van der Waals surface area (Å²) in [7, 11) is -2.75. The molecule has 0 radical (unpaired) electrons. The lowest BCUT2D eigenvalue weighted by Crippen LogP contribution is -2.27. The summed E-state index contributed by atoms with van der Waals surface area (Å²) in [6, 6.07) is 8.59. The van der Waals surface area contributed by atoms with E-state index in [0.717, 1.165) is 22.0 Å². The number of anilines is 1. The molecule has 23 heavy (non-hydrogen) atoms. The summed E-state index contributed by atoms with van der Waals surface area (Å²) in [5, 5.41) is 9.01. The molecule has 0 amide bonds. The molecule has 7 heteroatoms. The Bertz CT molecular complexity index is 878. The molecule has 0 aliphatic rings. The molecule has 0 fully saturated rings. The zero-order chi connectivity index (χ0) is 17.4. The summed E-state index contributed by atoms with van der Waals surface area (Å²) in [4.78, 5) is 10.7. The number of carboxylic acids is 1. The first-order valence-corrected chi connectivity index (χ1v) is 8.17. The smallest absolute Gasteiger partial charge is 0.335 e. The van der Waals surface area contributed by atoms with E-state index in [1.54, 1.807) is 18.2 Å². The van der Waals surface area contributed by atoms with Gasteiger partial charge in [-0.2, -0.15) is 0 Å². The minimum Gasteiger partial charge on any atom is -0.478 e. The van der Waals surface area contributed by atoms with Gasteiger partial charge in [0.1, 0.15) is 5.82 Å². The van der Waals surface area contributed by atoms with Gasteiger partial charge >= 0.3 is 5.97 Å². The van der Waals surface area contributed by atoms with E-state index >= 15 is 0 Å². The standard InChI is InChI=1S/C16H16FNO4S/c1-10-5-4-6-13(7-10)18(3)23(21,22)15-9-12(16(19)20)8-14(17)11(15)2/h4-9H,1-3H3,(H,19,20). The molecule has 122 valence electrons. The van der Waals surface area contributed by atoms with Gasteiger partial charge < -0.3 is 5.11 Å². The minimum absolute atomic E-state index is 0.116. The second-order valence-corrected chi connectivity index (χ2v) is 7.14. The third-order valence-electron chi connectivity index (χ3n) is 3.55. The normalized spacial score (nSPS) is 11.3. The van der Waals surface area contributed by atoms with Gasteiger partial charge in [-0.05, 0) is 43.7 Å². The second-order valence-electron chi connectivity index (χ2n) is 5.20. The van der Waals surface area contributed by atoms with Crippen LogP contribution in [0.15, 0.2) is 41.3 Å². The maximum absolute atomic E-state index is 13.9. The van der Waals surface area contributed by atoms with Gasteiger partial charge in [-0.25, -0.2) is 17.6 Å². The number of hydrogen-bond donors (Lipinski definition) is 1. The summed E-state index contributed by atoms with van der Waals surface area (Å²) in [5.41, 5.74) is 0.746. The first-order chi connectivity index (χ1) is 10.6. The monoisotopic (exact) mass is 337 g/mol. The summed E-state index contributed by atoms with van der Waals surface area (Å²) in [5.74, 6) is -2.26. The molecule has 2 rings (SSSR count). The summed E-state index contributed by atoms with van der Waals surface area (Å²) in [6.07, 6.45) is 0. The Balaban J connectivity index is 2.62. The first-order valence-electron chi connectivity index (χ1n) is 6.73. The molecule has 0 aliphatic heterocycles. The van der Waals surface area contributed by atoms with E-state index in [0.29, 0.717) is 5.69 Å². The average molecular weight is 337 g/mol. The number of carbonyl (C=O) groups is 1. The number of rotatable bonds is 4. The van der Waals surface area contributed by atoms with Crippen molar-refractivity contribution in [3.05, 3.63) is 58.9 Å². The highest BCUT2D eigenvalue weighted by Gasteiger charge is 2.26. The van der Waals surface area contributed by atoms with Crippen LogP contribution in [0.2, 0.25) is 0 Å². The van der Waals surface area contributed by atoms with Crippen LogP contribution in [0.1, 0.15) is 21.5 Å². The highest BCUT2D eigenvalue weighted by atomic mass is 32.2. The highest BCUT2D eigenvalue weighted by molar-refractivity contribution is 7.92.